The van der Waals surface area contributed by atoms with Crippen LogP contribution in [0.3, 0.4) is 0 Å². The molecule has 0 fully saturated rings. The molecule has 4 N–H and O–H groups in total. The molecule has 0 radical (unpaired) electrons. The molecule has 0 aromatic carbocycles. The van der Waals surface area contributed by atoms with E-state index in [4.69, 9.17) is 5.84 Å². The van der Waals surface area contributed by atoms with E-state index in [9.17, 15) is 4.79 Å². The van der Waals surface area contributed by atoms with Crippen molar-refractivity contribution in [3.63, 3.8) is 0 Å². The van der Waals surface area contributed by atoms with Gasteiger partial charge in [0.2, 0.25) is 0 Å². The molecule has 0 aliphatic rings. The van der Waals surface area contributed by atoms with Gasteiger partial charge in [-0.1, -0.05) is 0 Å². The molecule has 0 bridgehead atoms. The Morgan fingerprint density at radius 2 is 2.29 bits per heavy atom. The van der Waals surface area contributed by atoms with Crippen LogP contribution in [0.5, 0.6) is 0 Å². The first-order valence-electron chi connectivity index (χ1n) is 4.89. The summed E-state index contributed by atoms with van der Waals surface area (Å²) in [4.78, 5) is 19.7. The minimum atomic E-state index is -0.184. The van der Waals surface area contributed by atoms with Crippen LogP contribution >= 0.6 is 11.3 Å². The number of aromatic nitrogens is 2. The number of nitrogens with one attached hydrogen (secondary N) is 2. The van der Waals surface area contributed by atoms with Crippen LogP contribution in [0.25, 0.3) is 0 Å². The van der Waals surface area contributed by atoms with Gasteiger partial charge in [-0.15, -0.1) is 11.3 Å². The summed E-state index contributed by atoms with van der Waals surface area (Å²) in [5.74, 6) is 5.51. The van der Waals surface area contributed by atoms with Gasteiger partial charge in [0.1, 0.15) is 10.8 Å². The first kappa shape index (κ1) is 11.5. The zero-order chi connectivity index (χ0) is 12.1. The van der Waals surface area contributed by atoms with E-state index < -0.39 is 0 Å². The summed E-state index contributed by atoms with van der Waals surface area (Å²) in [6.07, 6.45) is 3.17. The van der Waals surface area contributed by atoms with Gasteiger partial charge in [0.25, 0.3) is 5.91 Å². The summed E-state index contributed by atoms with van der Waals surface area (Å²) in [5.41, 5.74) is 2.88. The number of carbonyl (C=O) groups is 1. The van der Waals surface area contributed by atoms with Gasteiger partial charge in [0.15, 0.2) is 0 Å². The van der Waals surface area contributed by atoms with Crippen molar-refractivity contribution in [1.82, 2.24) is 15.3 Å². The third kappa shape index (κ3) is 2.99. The zero-order valence-corrected chi connectivity index (χ0v) is 9.70. The second kappa shape index (κ2) is 5.37. The molecule has 2 aromatic heterocycles. The van der Waals surface area contributed by atoms with Crippen LogP contribution in [-0.4, -0.2) is 15.9 Å². The fourth-order valence-corrected chi connectivity index (χ4v) is 1.77. The van der Waals surface area contributed by atoms with Crippen molar-refractivity contribution in [2.45, 2.75) is 6.54 Å². The van der Waals surface area contributed by atoms with Gasteiger partial charge in [0, 0.05) is 17.8 Å². The molecule has 6 nitrogen and oxygen atoms in total. The summed E-state index contributed by atoms with van der Waals surface area (Å²) in [7, 11) is 0. The average molecular weight is 249 g/mol. The molecule has 2 rings (SSSR count). The summed E-state index contributed by atoms with van der Waals surface area (Å²) >= 11 is 1.50. The molecule has 2 heterocycles. The van der Waals surface area contributed by atoms with E-state index in [0.717, 1.165) is 5.01 Å². The highest BCUT2D eigenvalue weighted by Crippen LogP contribution is 2.05. The van der Waals surface area contributed by atoms with Crippen molar-refractivity contribution < 1.29 is 4.79 Å². The smallest absolute Gasteiger partial charge is 0.253 e. The number of rotatable bonds is 4. The lowest BCUT2D eigenvalue weighted by molar-refractivity contribution is 0.0950. The van der Waals surface area contributed by atoms with E-state index in [-0.39, 0.29) is 5.91 Å². The van der Waals surface area contributed by atoms with E-state index in [0.29, 0.717) is 17.9 Å². The van der Waals surface area contributed by atoms with Crippen LogP contribution in [0.2, 0.25) is 0 Å². The maximum atomic E-state index is 11.7. The lowest BCUT2D eigenvalue weighted by atomic mass is 10.2. The van der Waals surface area contributed by atoms with Crippen molar-refractivity contribution >= 4 is 23.1 Å². The number of nitrogens with two attached hydrogens (primary N) is 1. The number of carbonyl (C=O) groups excluding carboxylic acids is 1. The molecule has 0 aliphatic carbocycles. The summed E-state index contributed by atoms with van der Waals surface area (Å²) in [6.45, 7) is 0.424. The molecule has 17 heavy (non-hydrogen) atoms. The van der Waals surface area contributed by atoms with Gasteiger partial charge >= 0.3 is 0 Å². The maximum Gasteiger partial charge on any atom is 0.253 e. The Hall–Kier alpha value is -1.99. The molecule has 2 aromatic rings. The Kier molecular flexibility index (Phi) is 3.63. The Labute approximate surface area is 102 Å². The lowest BCUT2D eigenvalue weighted by Crippen LogP contribution is -2.23. The average Bonchev–Trinajstić information content (AvgIpc) is 2.89. The van der Waals surface area contributed by atoms with Gasteiger partial charge < -0.3 is 10.7 Å². The molecule has 0 aliphatic heterocycles. The first-order valence-corrected chi connectivity index (χ1v) is 5.77. The van der Waals surface area contributed by atoms with E-state index >= 15 is 0 Å². The summed E-state index contributed by atoms with van der Waals surface area (Å²) < 4.78 is 0. The molecular formula is C10H11N5OS. The van der Waals surface area contributed by atoms with Crippen LogP contribution in [-0.2, 0) is 6.54 Å². The van der Waals surface area contributed by atoms with Crippen LogP contribution in [0.15, 0.2) is 29.9 Å². The van der Waals surface area contributed by atoms with Crippen LogP contribution in [0.4, 0.5) is 5.82 Å². The predicted octanol–water partition coefficient (Wildman–Crippen LogP) is 0.754. The van der Waals surface area contributed by atoms with Crippen molar-refractivity contribution in [3.05, 3.63) is 40.5 Å². The second-order valence-electron chi connectivity index (χ2n) is 3.18. The highest BCUT2D eigenvalue weighted by Gasteiger charge is 2.06. The number of pyridine rings is 1. The van der Waals surface area contributed by atoms with Gasteiger partial charge in [0.05, 0.1) is 12.1 Å². The maximum absolute atomic E-state index is 11.7. The van der Waals surface area contributed by atoms with Gasteiger partial charge in [-0.2, -0.15) is 0 Å². The number of thiazole rings is 1. The van der Waals surface area contributed by atoms with E-state index in [1.54, 1.807) is 18.3 Å². The van der Waals surface area contributed by atoms with E-state index in [2.05, 4.69) is 20.7 Å². The highest BCUT2D eigenvalue weighted by molar-refractivity contribution is 7.09. The quantitative estimate of drug-likeness (QED) is 0.549. The minimum absolute atomic E-state index is 0.184. The SMILES string of the molecule is NNc1ccc(C(=O)NCc2nccs2)cn1. The highest BCUT2D eigenvalue weighted by atomic mass is 32.1. The molecule has 0 unspecified atom stereocenters. The topological polar surface area (TPSA) is 92.9 Å². The Morgan fingerprint density at radius 1 is 1.41 bits per heavy atom. The largest absolute Gasteiger partial charge is 0.345 e. The van der Waals surface area contributed by atoms with Crippen molar-refractivity contribution in [2.75, 3.05) is 5.43 Å². The van der Waals surface area contributed by atoms with Crippen LogP contribution in [0.1, 0.15) is 15.4 Å². The number of nitrogens with zero attached hydrogens (tertiary/aromatic N) is 2. The second-order valence-corrected chi connectivity index (χ2v) is 4.16. The standard InChI is InChI=1S/C10H11N5OS/c11-15-8-2-1-7(5-13-8)10(16)14-6-9-12-3-4-17-9/h1-5H,6,11H2,(H,13,15)(H,14,16). The number of hydrazine groups is 1. The molecular weight excluding hydrogens is 238 g/mol. The van der Waals surface area contributed by atoms with Crippen LogP contribution < -0.4 is 16.6 Å². The monoisotopic (exact) mass is 249 g/mol. The zero-order valence-electron chi connectivity index (χ0n) is 8.88. The summed E-state index contributed by atoms with van der Waals surface area (Å²) in [5, 5.41) is 5.49. The van der Waals surface area contributed by atoms with E-state index in [1.807, 2.05) is 5.38 Å². The minimum Gasteiger partial charge on any atom is -0.345 e. The molecule has 7 heteroatoms. The molecule has 0 saturated carbocycles. The number of hydrogen-bond acceptors (Lipinski definition) is 6. The number of nitrogen functional groups attached to an aromatic ring is 1. The lowest BCUT2D eigenvalue weighted by Gasteiger charge is -2.03. The fraction of sp³-hybridized carbons (Fsp3) is 0.100. The third-order valence-electron chi connectivity index (χ3n) is 2.06. The number of amides is 1. The Bertz CT molecular complexity index is 482. The van der Waals surface area contributed by atoms with Gasteiger partial charge in [-0.25, -0.2) is 15.8 Å². The van der Waals surface area contributed by atoms with Crippen molar-refractivity contribution in [3.8, 4) is 0 Å². The summed E-state index contributed by atoms with van der Waals surface area (Å²) in [6, 6.07) is 3.29. The normalized spacial score (nSPS) is 9.94. The first-order chi connectivity index (χ1) is 8.29. The number of hydrogen-bond donors (Lipinski definition) is 3. The van der Waals surface area contributed by atoms with E-state index in [1.165, 1.54) is 17.5 Å². The van der Waals surface area contributed by atoms with Crippen LogP contribution in [0, 0.1) is 0 Å². The molecule has 0 spiro atoms. The predicted molar refractivity (Wildman–Crippen MR) is 65.3 cm³/mol. The molecule has 0 atom stereocenters. The Balaban J connectivity index is 1.95. The number of anilines is 1. The third-order valence-corrected chi connectivity index (χ3v) is 2.84. The molecule has 0 saturated heterocycles. The van der Waals surface area contributed by atoms with Crippen molar-refractivity contribution in [2.24, 2.45) is 5.84 Å². The van der Waals surface area contributed by atoms with Gasteiger partial charge in [-0.3, -0.25) is 4.79 Å². The van der Waals surface area contributed by atoms with Gasteiger partial charge in [-0.05, 0) is 12.1 Å². The molecule has 88 valence electrons. The fourth-order valence-electron chi connectivity index (χ4n) is 1.21. The molecule has 1 amide bonds. The Morgan fingerprint density at radius 3 is 2.88 bits per heavy atom. The van der Waals surface area contributed by atoms with Crippen molar-refractivity contribution in [1.29, 1.82) is 0 Å².